The van der Waals surface area contributed by atoms with Gasteiger partial charge in [0.05, 0.1) is 18.5 Å². The number of benzene rings is 1. The molecule has 1 aliphatic rings. The summed E-state index contributed by atoms with van der Waals surface area (Å²) < 4.78 is 5.45. The van der Waals surface area contributed by atoms with E-state index in [2.05, 4.69) is 15.6 Å². The van der Waals surface area contributed by atoms with Crippen LogP contribution in [0.5, 0.6) is 0 Å². The molecular weight excluding hydrogens is 386 g/mol. The molecule has 3 heterocycles. The van der Waals surface area contributed by atoms with E-state index in [0.717, 1.165) is 22.0 Å². The third-order valence-corrected chi connectivity index (χ3v) is 6.14. The molecule has 1 aromatic carbocycles. The molecule has 3 aromatic rings. The molecule has 0 aliphatic carbocycles. The van der Waals surface area contributed by atoms with Crippen LogP contribution in [0.2, 0.25) is 0 Å². The van der Waals surface area contributed by atoms with Crippen LogP contribution in [0, 0.1) is 0 Å². The van der Waals surface area contributed by atoms with Crippen LogP contribution >= 0.6 is 11.3 Å². The van der Waals surface area contributed by atoms with E-state index in [-0.39, 0.29) is 11.8 Å². The summed E-state index contributed by atoms with van der Waals surface area (Å²) in [4.78, 5) is 28.8. The number of hydrogen-bond donors (Lipinski definition) is 2. The molecule has 1 atom stereocenters. The van der Waals surface area contributed by atoms with Gasteiger partial charge >= 0.3 is 0 Å². The van der Waals surface area contributed by atoms with Crippen molar-refractivity contribution in [3.8, 4) is 10.6 Å². The molecule has 2 aromatic heterocycles. The van der Waals surface area contributed by atoms with Gasteiger partial charge in [-0.1, -0.05) is 30.3 Å². The molecule has 0 spiro atoms. The summed E-state index contributed by atoms with van der Waals surface area (Å²) in [7, 11) is 0. The maximum atomic E-state index is 12.4. The fourth-order valence-corrected chi connectivity index (χ4v) is 4.49. The zero-order valence-electron chi connectivity index (χ0n) is 16.0. The maximum Gasteiger partial charge on any atom is 0.220 e. The Labute approximate surface area is 173 Å². The number of amides is 2. The summed E-state index contributed by atoms with van der Waals surface area (Å²) in [5.41, 5.74) is 1.52. The molecule has 0 radical (unpaired) electrons. The fraction of sp³-hybridized carbons (Fsp3) is 0.318. The highest BCUT2D eigenvalue weighted by atomic mass is 32.1. The Morgan fingerprint density at radius 3 is 2.83 bits per heavy atom. The van der Waals surface area contributed by atoms with Gasteiger partial charge in [-0.2, -0.15) is 0 Å². The molecule has 0 unspecified atom stereocenters. The Balaban J connectivity index is 1.30. The highest BCUT2D eigenvalue weighted by Gasteiger charge is 2.38. The van der Waals surface area contributed by atoms with Crippen LogP contribution in [-0.4, -0.2) is 22.3 Å². The molecule has 1 saturated heterocycles. The minimum atomic E-state index is -0.409. The molecule has 2 amide bonds. The van der Waals surface area contributed by atoms with Gasteiger partial charge in [-0.25, -0.2) is 4.98 Å². The Morgan fingerprint density at radius 1 is 1.24 bits per heavy atom. The molecule has 0 bridgehead atoms. The second-order valence-corrected chi connectivity index (χ2v) is 8.23. The Hall–Kier alpha value is -2.93. The molecule has 0 saturated carbocycles. The maximum absolute atomic E-state index is 12.4. The van der Waals surface area contributed by atoms with E-state index in [0.29, 0.717) is 38.6 Å². The van der Waals surface area contributed by atoms with Gasteiger partial charge in [0.15, 0.2) is 0 Å². The van der Waals surface area contributed by atoms with Crippen LogP contribution < -0.4 is 10.6 Å². The van der Waals surface area contributed by atoms with Crippen molar-refractivity contribution in [2.24, 2.45) is 0 Å². The van der Waals surface area contributed by atoms with Crippen LogP contribution in [0.3, 0.4) is 0 Å². The topological polar surface area (TPSA) is 84.2 Å². The SMILES string of the molecule is O=C(CC[C@@]1(Cc2ccco2)CCC(=O)N1)NCc1csc(-c2ccccc2)n1. The van der Waals surface area contributed by atoms with Crippen molar-refractivity contribution in [3.63, 3.8) is 0 Å². The Kier molecular flexibility index (Phi) is 5.76. The Bertz CT molecular complexity index is 968. The third-order valence-electron chi connectivity index (χ3n) is 5.20. The number of nitrogens with zero attached hydrogens (tertiary/aromatic N) is 1. The molecule has 1 fully saturated rings. The Morgan fingerprint density at radius 2 is 2.10 bits per heavy atom. The average molecular weight is 410 g/mol. The number of carbonyl (C=O) groups is 2. The zero-order valence-corrected chi connectivity index (χ0v) is 16.8. The smallest absolute Gasteiger partial charge is 0.220 e. The summed E-state index contributed by atoms with van der Waals surface area (Å²) >= 11 is 1.57. The first-order chi connectivity index (χ1) is 14.1. The summed E-state index contributed by atoms with van der Waals surface area (Å²) in [5, 5.41) is 8.93. The predicted molar refractivity (Wildman–Crippen MR) is 111 cm³/mol. The molecule has 1 aliphatic heterocycles. The van der Waals surface area contributed by atoms with Gasteiger partial charge in [-0.3, -0.25) is 9.59 Å². The van der Waals surface area contributed by atoms with Gasteiger partial charge < -0.3 is 15.1 Å². The van der Waals surface area contributed by atoms with E-state index in [9.17, 15) is 9.59 Å². The lowest BCUT2D eigenvalue weighted by atomic mass is 9.87. The zero-order chi connectivity index (χ0) is 20.1. The quantitative estimate of drug-likeness (QED) is 0.594. The predicted octanol–water partition coefficient (Wildman–Crippen LogP) is 3.69. The lowest BCUT2D eigenvalue weighted by Crippen LogP contribution is -2.44. The van der Waals surface area contributed by atoms with Crippen LogP contribution in [-0.2, 0) is 22.6 Å². The monoisotopic (exact) mass is 409 g/mol. The van der Waals surface area contributed by atoms with Crippen molar-refractivity contribution in [1.82, 2.24) is 15.6 Å². The van der Waals surface area contributed by atoms with E-state index in [1.165, 1.54) is 0 Å². The van der Waals surface area contributed by atoms with Crippen LogP contribution in [0.15, 0.2) is 58.5 Å². The number of furan rings is 1. The first kappa shape index (κ1) is 19.4. The summed E-state index contributed by atoms with van der Waals surface area (Å²) in [6.45, 7) is 0.402. The molecule has 6 nitrogen and oxygen atoms in total. The van der Waals surface area contributed by atoms with E-state index in [1.807, 2.05) is 47.8 Å². The molecule has 7 heteroatoms. The van der Waals surface area contributed by atoms with Gasteiger partial charge in [0.2, 0.25) is 11.8 Å². The summed E-state index contributed by atoms with van der Waals surface area (Å²) in [5.74, 6) is 0.815. The van der Waals surface area contributed by atoms with E-state index in [4.69, 9.17) is 4.42 Å². The van der Waals surface area contributed by atoms with Crippen molar-refractivity contribution in [3.05, 3.63) is 65.6 Å². The largest absolute Gasteiger partial charge is 0.469 e. The second kappa shape index (κ2) is 8.61. The minimum Gasteiger partial charge on any atom is -0.469 e. The van der Waals surface area contributed by atoms with Gasteiger partial charge in [-0.15, -0.1) is 11.3 Å². The van der Waals surface area contributed by atoms with Crippen molar-refractivity contribution in [1.29, 1.82) is 0 Å². The lowest BCUT2D eigenvalue weighted by Gasteiger charge is -2.28. The molecule has 150 valence electrons. The van der Waals surface area contributed by atoms with Crippen molar-refractivity contribution in [2.45, 2.75) is 44.2 Å². The average Bonchev–Trinajstić information content (AvgIpc) is 3.48. The van der Waals surface area contributed by atoms with E-state index < -0.39 is 5.54 Å². The number of hydrogen-bond acceptors (Lipinski definition) is 5. The minimum absolute atomic E-state index is 0.0351. The molecule has 4 rings (SSSR count). The summed E-state index contributed by atoms with van der Waals surface area (Å²) in [6.07, 6.45) is 4.36. The van der Waals surface area contributed by atoms with Gasteiger partial charge in [0.1, 0.15) is 10.8 Å². The van der Waals surface area contributed by atoms with Crippen molar-refractivity contribution in [2.75, 3.05) is 0 Å². The molecule has 2 N–H and O–H groups in total. The van der Waals surface area contributed by atoms with E-state index >= 15 is 0 Å². The highest BCUT2D eigenvalue weighted by molar-refractivity contribution is 7.13. The normalized spacial score (nSPS) is 18.6. The number of nitrogens with one attached hydrogen (secondary N) is 2. The van der Waals surface area contributed by atoms with Crippen LogP contribution in [0.25, 0.3) is 10.6 Å². The number of aromatic nitrogens is 1. The number of rotatable bonds is 8. The van der Waals surface area contributed by atoms with Crippen LogP contribution in [0.4, 0.5) is 0 Å². The number of thiazole rings is 1. The first-order valence-corrected chi connectivity index (χ1v) is 10.6. The lowest BCUT2D eigenvalue weighted by molar-refractivity contribution is -0.123. The van der Waals surface area contributed by atoms with Crippen LogP contribution in [0.1, 0.15) is 37.1 Å². The van der Waals surface area contributed by atoms with Gasteiger partial charge in [0.25, 0.3) is 0 Å². The highest BCUT2D eigenvalue weighted by Crippen LogP contribution is 2.30. The second-order valence-electron chi connectivity index (χ2n) is 7.37. The van der Waals surface area contributed by atoms with Gasteiger partial charge in [-0.05, 0) is 25.0 Å². The summed E-state index contributed by atoms with van der Waals surface area (Å²) in [6, 6.07) is 13.7. The molecular formula is C22H23N3O3S. The van der Waals surface area contributed by atoms with E-state index in [1.54, 1.807) is 17.6 Å². The standard InChI is InChI=1S/C22H23N3O3S/c26-19(23-14-17-15-29-21(24-17)16-5-2-1-3-6-16)8-10-22(11-9-20(27)25-22)13-18-7-4-12-28-18/h1-7,12,15H,8-11,13-14H2,(H,23,26)(H,25,27)/t22-/m0/s1. The van der Waals surface area contributed by atoms with Crippen molar-refractivity contribution < 1.29 is 14.0 Å². The number of carbonyl (C=O) groups excluding carboxylic acids is 2. The third kappa shape index (κ3) is 4.92. The fourth-order valence-electron chi connectivity index (χ4n) is 3.66. The molecule has 29 heavy (non-hydrogen) atoms. The van der Waals surface area contributed by atoms with Gasteiger partial charge in [0, 0.05) is 35.7 Å². The first-order valence-electron chi connectivity index (χ1n) is 9.72. The van der Waals surface area contributed by atoms with Crippen molar-refractivity contribution >= 4 is 23.2 Å².